The fourth-order valence-electron chi connectivity index (χ4n) is 1.55. The van der Waals surface area contributed by atoms with Gasteiger partial charge < -0.3 is 5.73 Å². The Morgan fingerprint density at radius 3 is 2.63 bits per heavy atom. The Hall–Kier alpha value is -0.730. The van der Waals surface area contributed by atoms with Crippen molar-refractivity contribution in [2.45, 2.75) is 30.6 Å². The van der Waals surface area contributed by atoms with Gasteiger partial charge in [0.25, 0.3) is 0 Å². The van der Waals surface area contributed by atoms with Crippen molar-refractivity contribution in [3.05, 3.63) is 38.9 Å². The van der Waals surface area contributed by atoms with E-state index in [9.17, 15) is 8.42 Å². The van der Waals surface area contributed by atoms with Crippen molar-refractivity contribution in [1.29, 1.82) is 0 Å². The van der Waals surface area contributed by atoms with Crippen molar-refractivity contribution in [3.8, 4) is 0 Å². The van der Waals surface area contributed by atoms with E-state index in [1.165, 1.54) is 16.2 Å². The fourth-order valence-corrected chi connectivity index (χ4v) is 4.81. The van der Waals surface area contributed by atoms with Gasteiger partial charge in [-0.15, -0.1) is 22.7 Å². The molecule has 0 atom stereocenters. The Morgan fingerprint density at radius 1 is 1.32 bits per heavy atom. The van der Waals surface area contributed by atoms with Crippen LogP contribution < -0.4 is 10.5 Å². The van der Waals surface area contributed by atoms with Crippen molar-refractivity contribution < 1.29 is 8.42 Å². The average Bonchev–Trinajstić information content (AvgIpc) is 3.05. The third-order valence-electron chi connectivity index (χ3n) is 2.63. The normalized spacial score (nSPS) is 11.9. The van der Waals surface area contributed by atoms with Crippen molar-refractivity contribution >= 4 is 32.7 Å². The minimum Gasteiger partial charge on any atom is -0.326 e. The van der Waals surface area contributed by atoms with E-state index >= 15 is 0 Å². The van der Waals surface area contributed by atoms with E-state index in [4.69, 9.17) is 5.73 Å². The van der Waals surface area contributed by atoms with Gasteiger partial charge in [-0.25, -0.2) is 13.1 Å². The summed E-state index contributed by atoms with van der Waals surface area (Å²) in [6.45, 7) is 2.78. The van der Waals surface area contributed by atoms with E-state index in [0.29, 0.717) is 17.3 Å². The maximum Gasteiger partial charge on any atom is 0.250 e. The molecule has 0 spiro atoms. The summed E-state index contributed by atoms with van der Waals surface area (Å²) < 4.78 is 27.1. The molecule has 0 amide bonds. The largest absolute Gasteiger partial charge is 0.326 e. The molecule has 4 nitrogen and oxygen atoms in total. The van der Waals surface area contributed by atoms with Crippen LogP contribution in [0.25, 0.3) is 0 Å². The van der Waals surface area contributed by atoms with Crippen LogP contribution in [0, 0.1) is 0 Å². The number of rotatable bonds is 6. The van der Waals surface area contributed by atoms with Crippen molar-refractivity contribution in [1.82, 2.24) is 4.72 Å². The van der Waals surface area contributed by atoms with E-state index in [2.05, 4.69) is 11.6 Å². The SMILES string of the molecule is CCc1ccc(CNS(=O)(=O)c2cc(CN)cs2)s1. The highest BCUT2D eigenvalue weighted by atomic mass is 32.2. The van der Waals surface area contributed by atoms with Crippen LogP contribution in [0.3, 0.4) is 0 Å². The number of sulfonamides is 1. The summed E-state index contributed by atoms with van der Waals surface area (Å²) in [5.41, 5.74) is 6.32. The highest BCUT2D eigenvalue weighted by Gasteiger charge is 2.16. The van der Waals surface area contributed by atoms with Crippen LogP contribution in [0.15, 0.2) is 27.8 Å². The van der Waals surface area contributed by atoms with Crippen molar-refractivity contribution in [3.63, 3.8) is 0 Å². The summed E-state index contributed by atoms with van der Waals surface area (Å²) in [7, 11) is -3.43. The van der Waals surface area contributed by atoms with Gasteiger partial charge in [-0.05, 0) is 35.6 Å². The molecule has 2 rings (SSSR count). The molecule has 19 heavy (non-hydrogen) atoms. The maximum absolute atomic E-state index is 12.1. The molecule has 0 aromatic carbocycles. The van der Waals surface area contributed by atoms with E-state index in [1.54, 1.807) is 22.8 Å². The first-order chi connectivity index (χ1) is 9.05. The molecule has 0 aliphatic carbocycles. The molecule has 7 heteroatoms. The van der Waals surface area contributed by atoms with Crippen LogP contribution in [0.2, 0.25) is 0 Å². The molecule has 0 saturated heterocycles. The number of nitrogens with one attached hydrogen (secondary N) is 1. The summed E-state index contributed by atoms with van der Waals surface area (Å²) >= 11 is 2.83. The molecule has 0 saturated carbocycles. The summed E-state index contributed by atoms with van der Waals surface area (Å²) in [4.78, 5) is 2.28. The minimum absolute atomic E-state index is 0.320. The molecule has 3 N–H and O–H groups in total. The van der Waals surface area contributed by atoms with Gasteiger partial charge in [-0.3, -0.25) is 0 Å². The highest BCUT2D eigenvalue weighted by Crippen LogP contribution is 2.21. The summed E-state index contributed by atoms with van der Waals surface area (Å²) in [6, 6.07) is 5.62. The third-order valence-corrected chi connectivity index (χ3v) is 6.75. The number of hydrogen-bond donors (Lipinski definition) is 2. The van der Waals surface area contributed by atoms with Gasteiger partial charge in [0.15, 0.2) is 0 Å². The van der Waals surface area contributed by atoms with E-state index in [-0.39, 0.29) is 0 Å². The Labute approximate surface area is 121 Å². The summed E-state index contributed by atoms with van der Waals surface area (Å²) in [6.07, 6.45) is 0.974. The first-order valence-electron chi connectivity index (χ1n) is 5.90. The zero-order valence-electron chi connectivity index (χ0n) is 10.5. The molecular formula is C12H16N2O2S3. The smallest absolute Gasteiger partial charge is 0.250 e. The van der Waals surface area contributed by atoms with Crippen LogP contribution in [-0.2, 0) is 29.5 Å². The van der Waals surface area contributed by atoms with Gasteiger partial charge in [-0.2, -0.15) is 0 Å². The minimum atomic E-state index is -3.43. The van der Waals surface area contributed by atoms with Crippen molar-refractivity contribution in [2.75, 3.05) is 0 Å². The second kappa shape index (κ2) is 6.15. The molecule has 0 fully saturated rings. The standard InChI is InChI=1S/C12H16N2O2S3/c1-2-10-3-4-11(18-10)7-14-19(15,16)12-5-9(6-13)8-17-12/h3-5,8,14H,2,6-7,13H2,1H3. The molecule has 0 unspecified atom stereocenters. The monoisotopic (exact) mass is 316 g/mol. The fraction of sp³-hybridized carbons (Fsp3) is 0.333. The Morgan fingerprint density at radius 2 is 2.05 bits per heavy atom. The molecule has 0 radical (unpaired) electrons. The van der Waals surface area contributed by atoms with Crippen LogP contribution in [0.1, 0.15) is 22.2 Å². The van der Waals surface area contributed by atoms with Gasteiger partial charge in [0, 0.05) is 22.8 Å². The van der Waals surface area contributed by atoms with Crippen LogP contribution >= 0.6 is 22.7 Å². The number of hydrogen-bond acceptors (Lipinski definition) is 5. The van der Waals surface area contributed by atoms with Gasteiger partial charge in [0.05, 0.1) is 0 Å². The lowest BCUT2D eigenvalue weighted by atomic mass is 10.4. The average molecular weight is 316 g/mol. The number of aryl methyl sites for hydroxylation is 1. The Kier molecular flexibility index (Phi) is 4.75. The third kappa shape index (κ3) is 3.64. The highest BCUT2D eigenvalue weighted by molar-refractivity contribution is 7.91. The zero-order chi connectivity index (χ0) is 13.9. The molecule has 0 aliphatic heterocycles. The van der Waals surface area contributed by atoms with Gasteiger partial charge in [0.2, 0.25) is 10.0 Å². The predicted molar refractivity (Wildman–Crippen MR) is 79.9 cm³/mol. The molecule has 0 aliphatic rings. The van der Waals surface area contributed by atoms with E-state index in [0.717, 1.165) is 16.9 Å². The quantitative estimate of drug-likeness (QED) is 0.859. The Balaban J connectivity index is 2.05. The topological polar surface area (TPSA) is 72.2 Å². The number of thiophene rings is 2. The summed E-state index contributed by atoms with van der Waals surface area (Å²) in [5.74, 6) is 0. The van der Waals surface area contributed by atoms with E-state index < -0.39 is 10.0 Å². The predicted octanol–water partition coefficient (Wildman–Crippen LogP) is 2.31. The number of nitrogens with two attached hydrogens (primary N) is 1. The van der Waals surface area contributed by atoms with Crippen LogP contribution in [0.4, 0.5) is 0 Å². The molecule has 104 valence electrons. The molecule has 2 aromatic heterocycles. The van der Waals surface area contributed by atoms with Gasteiger partial charge in [-0.1, -0.05) is 6.92 Å². The maximum atomic E-state index is 12.1. The lowest BCUT2D eigenvalue weighted by Crippen LogP contribution is -2.21. The summed E-state index contributed by atoms with van der Waals surface area (Å²) in [5, 5.41) is 1.77. The van der Waals surface area contributed by atoms with Crippen molar-refractivity contribution in [2.24, 2.45) is 5.73 Å². The molecule has 2 heterocycles. The molecule has 0 bridgehead atoms. The molecular weight excluding hydrogens is 300 g/mol. The second-order valence-corrected chi connectivity index (χ2v) is 8.18. The first-order valence-corrected chi connectivity index (χ1v) is 9.08. The molecule has 2 aromatic rings. The van der Waals surface area contributed by atoms with Crippen LogP contribution in [0.5, 0.6) is 0 Å². The lowest BCUT2D eigenvalue weighted by Gasteiger charge is -2.02. The lowest BCUT2D eigenvalue weighted by molar-refractivity contribution is 0.584. The van der Waals surface area contributed by atoms with Gasteiger partial charge >= 0.3 is 0 Å². The first kappa shape index (κ1) is 14.7. The Bertz CT molecular complexity index is 643. The van der Waals surface area contributed by atoms with Crippen LogP contribution in [-0.4, -0.2) is 8.42 Å². The van der Waals surface area contributed by atoms with Gasteiger partial charge in [0.1, 0.15) is 4.21 Å². The second-order valence-electron chi connectivity index (χ2n) is 4.02. The van der Waals surface area contributed by atoms with E-state index in [1.807, 2.05) is 12.1 Å². The zero-order valence-corrected chi connectivity index (χ0v) is 13.0.